The predicted octanol–water partition coefficient (Wildman–Crippen LogP) is 4.28. The molecule has 0 fully saturated rings. The lowest BCUT2D eigenvalue weighted by Gasteiger charge is -2.20. The van der Waals surface area contributed by atoms with Crippen molar-refractivity contribution >= 4 is 22.6 Å². The second kappa shape index (κ2) is 6.58. The molecule has 1 N–H and O–H groups in total. The SMILES string of the molecule is CCNC(CCC(F)(F)F)c1ccccc1I. The van der Waals surface area contributed by atoms with Crippen LogP contribution in [0, 0.1) is 3.57 Å². The molecule has 0 spiro atoms. The zero-order chi connectivity index (χ0) is 12.9. The second-order valence-electron chi connectivity index (χ2n) is 3.79. The Labute approximate surface area is 113 Å². The topological polar surface area (TPSA) is 12.0 Å². The number of nitrogens with one attached hydrogen (secondary N) is 1. The number of hydrogen-bond donors (Lipinski definition) is 1. The minimum Gasteiger partial charge on any atom is -0.310 e. The summed E-state index contributed by atoms with van der Waals surface area (Å²) in [5.41, 5.74) is 0.944. The van der Waals surface area contributed by atoms with Crippen LogP contribution in [0.3, 0.4) is 0 Å². The molecule has 0 aliphatic heterocycles. The normalized spacial score (nSPS) is 13.7. The van der Waals surface area contributed by atoms with Crippen molar-refractivity contribution in [1.29, 1.82) is 0 Å². The van der Waals surface area contributed by atoms with Crippen LogP contribution in [0.1, 0.15) is 31.4 Å². The molecule has 0 saturated carbocycles. The van der Waals surface area contributed by atoms with Gasteiger partial charge in [-0.1, -0.05) is 25.1 Å². The smallest absolute Gasteiger partial charge is 0.310 e. The van der Waals surface area contributed by atoms with Crippen molar-refractivity contribution in [3.05, 3.63) is 33.4 Å². The van der Waals surface area contributed by atoms with Crippen LogP contribution in [-0.4, -0.2) is 12.7 Å². The van der Waals surface area contributed by atoms with Crippen LogP contribution in [0.15, 0.2) is 24.3 Å². The molecule has 1 aromatic rings. The van der Waals surface area contributed by atoms with Crippen LogP contribution in [-0.2, 0) is 0 Å². The first kappa shape index (κ1) is 14.8. The average molecular weight is 357 g/mol. The number of rotatable bonds is 5. The highest BCUT2D eigenvalue weighted by Crippen LogP contribution is 2.29. The third kappa shape index (κ3) is 5.25. The molecule has 1 aromatic carbocycles. The van der Waals surface area contributed by atoms with Gasteiger partial charge in [0.15, 0.2) is 0 Å². The summed E-state index contributed by atoms with van der Waals surface area (Å²) in [6.07, 6.45) is -4.76. The van der Waals surface area contributed by atoms with Gasteiger partial charge in [0.1, 0.15) is 0 Å². The molecule has 0 saturated heterocycles. The first-order valence-corrected chi connectivity index (χ1v) is 6.56. The van der Waals surface area contributed by atoms with E-state index in [1.165, 1.54) is 0 Å². The van der Waals surface area contributed by atoms with Gasteiger partial charge in [0.05, 0.1) is 0 Å². The Morgan fingerprint density at radius 3 is 2.47 bits per heavy atom. The summed E-state index contributed by atoms with van der Waals surface area (Å²) < 4.78 is 37.7. The van der Waals surface area contributed by atoms with E-state index in [1.807, 2.05) is 31.2 Å². The molecule has 1 nitrogen and oxygen atoms in total. The van der Waals surface area contributed by atoms with Crippen molar-refractivity contribution in [2.24, 2.45) is 0 Å². The summed E-state index contributed by atoms with van der Waals surface area (Å²) in [6, 6.07) is 7.31. The standard InChI is InChI=1S/C12H15F3IN/c1-2-17-11(7-8-12(13,14)15)9-5-3-4-6-10(9)16/h3-6,11,17H,2,7-8H2,1H3. The fourth-order valence-electron chi connectivity index (χ4n) is 1.68. The fraction of sp³-hybridized carbons (Fsp3) is 0.500. The van der Waals surface area contributed by atoms with Crippen LogP contribution in [0.4, 0.5) is 13.2 Å². The van der Waals surface area contributed by atoms with Gasteiger partial charge >= 0.3 is 6.18 Å². The third-order valence-electron chi connectivity index (χ3n) is 2.45. The van der Waals surface area contributed by atoms with Crippen LogP contribution in [0.2, 0.25) is 0 Å². The summed E-state index contributed by atoms with van der Waals surface area (Å²) in [4.78, 5) is 0. The van der Waals surface area contributed by atoms with Crippen molar-refractivity contribution in [2.45, 2.75) is 32.0 Å². The first-order valence-electron chi connectivity index (χ1n) is 5.48. The highest BCUT2D eigenvalue weighted by atomic mass is 127. The van der Waals surface area contributed by atoms with E-state index in [1.54, 1.807) is 0 Å². The van der Waals surface area contributed by atoms with Gasteiger partial charge < -0.3 is 5.32 Å². The second-order valence-corrected chi connectivity index (χ2v) is 4.95. The summed E-state index contributed by atoms with van der Waals surface area (Å²) >= 11 is 2.15. The Kier molecular flexibility index (Phi) is 5.72. The van der Waals surface area contributed by atoms with E-state index in [-0.39, 0.29) is 12.5 Å². The van der Waals surface area contributed by atoms with Gasteiger partial charge in [0, 0.05) is 16.0 Å². The van der Waals surface area contributed by atoms with Crippen molar-refractivity contribution in [3.63, 3.8) is 0 Å². The molecular weight excluding hydrogens is 342 g/mol. The average Bonchev–Trinajstić information content (AvgIpc) is 2.24. The molecule has 0 bridgehead atoms. The lowest BCUT2D eigenvalue weighted by molar-refractivity contribution is -0.136. The van der Waals surface area contributed by atoms with E-state index in [4.69, 9.17) is 0 Å². The van der Waals surface area contributed by atoms with Crippen molar-refractivity contribution in [1.82, 2.24) is 5.32 Å². The number of halogens is 4. The Morgan fingerprint density at radius 2 is 1.94 bits per heavy atom. The largest absolute Gasteiger partial charge is 0.389 e. The minimum atomic E-state index is -4.09. The van der Waals surface area contributed by atoms with Crippen molar-refractivity contribution < 1.29 is 13.2 Å². The predicted molar refractivity (Wildman–Crippen MR) is 70.9 cm³/mol. The first-order chi connectivity index (χ1) is 7.94. The Bertz CT molecular complexity index is 352. The molecule has 1 unspecified atom stereocenters. The number of benzene rings is 1. The maximum Gasteiger partial charge on any atom is 0.389 e. The summed E-state index contributed by atoms with van der Waals surface area (Å²) in [6.45, 7) is 2.56. The van der Waals surface area contributed by atoms with E-state index in [9.17, 15) is 13.2 Å². The van der Waals surface area contributed by atoms with Crippen LogP contribution in [0.5, 0.6) is 0 Å². The molecule has 0 aliphatic rings. The van der Waals surface area contributed by atoms with Gasteiger partial charge in [-0.15, -0.1) is 0 Å². The van der Waals surface area contributed by atoms with E-state index in [2.05, 4.69) is 27.9 Å². The van der Waals surface area contributed by atoms with Crippen molar-refractivity contribution in [3.8, 4) is 0 Å². The summed E-state index contributed by atoms with van der Waals surface area (Å²) in [5, 5.41) is 3.11. The minimum absolute atomic E-state index is 0.0807. The van der Waals surface area contributed by atoms with Crippen molar-refractivity contribution in [2.75, 3.05) is 6.54 Å². The molecule has 1 atom stereocenters. The molecule has 0 aliphatic carbocycles. The maximum absolute atomic E-state index is 12.2. The van der Waals surface area contributed by atoms with E-state index < -0.39 is 12.6 Å². The number of alkyl halides is 3. The highest BCUT2D eigenvalue weighted by molar-refractivity contribution is 14.1. The summed E-state index contributed by atoms with van der Waals surface area (Å²) in [7, 11) is 0. The van der Waals surface area contributed by atoms with E-state index >= 15 is 0 Å². The van der Waals surface area contributed by atoms with Crippen LogP contribution in [0.25, 0.3) is 0 Å². The van der Waals surface area contributed by atoms with Gasteiger partial charge in [0.25, 0.3) is 0 Å². The molecule has 96 valence electrons. The molecule has 0 aromatic heterocycles. The van der Waals surface area contributed by atoms with E-state index in [0.717, 1.165) is 9.13 Å². The molecule has 5 heteroatoms. The molecule has 0 amide bonds. The van der Waals surface area contributed by atoms with Gasteiger partial charge in [-0.25, -0.2) is 0 Å². The Hall–Kier alpha value is -0.300. The monoisotopic (exact) mass is 357 g/mol. The van der Waals surface area contributed by atoms with E-state index in [0.29, 0.717) is 6.54 Å². The molecule has 0 radical (unpaired) electrons. The van der Waals surface area contributed by atoms with Gasteiger partial charge in [-0.2, -0.15) is 13.2 Å². The lowest BCUT2D eigenvalue weighted by atomic mass is 10.0. The Morgan fingerprint density at radius 1 is 1.29 bits per heavy atom. The van der Waals surface area contributed by atoms with Crippen LogP contribution >= 0.6 is 22.6 Å². The Balaban J connectivity index is 2.75. The van der Waals surface area contributed by atoms with Crippen LogP contribution < -0.4 is 5.32 Å². The molecular formula is C12H15F3IN. The summed E-state index contributed by atoms with van der Waals surface area (Å²) in [5.74, 6) is 0. The highest BCUT2D eigenvalue weighted by Gasteiger charge is 2.28. The molecule has 1 rings (SSSR count). The lowest BCUT2D eigenvalue weighted by Crippen LogP contribution is -2.23. The zero-order valence-electron chi connectivity index (χ0n) is 9.52. The van der Waals surface area contributed by atoms with Gasteiger partial charge in [-0.05, 0) is 47.2 Å². The zero-order valence-corrected chi connectivity index (χ0v) is 11.7. The quantitative estimate of drug-likeness (QED) is 0.776. The number of hydrogen-bond acceptors (Lipinski definition) is 1. The maximum atomic E-state index is 12.2. The fourth-order valence-corrected chi connectivity index (χ4v) is 2.44. The third-order valence-corrected chi connectivity index (χ3v) is 3.43. The van der Waals surface area contributed by atoms with Gasteiger partial charge in [-0.3, -0.25) is 0 Å². The molecule has 17 heavy (non-hydrogen) atoms. The van der Waals surface area contributed by atoms with Gasteiger partial charge in [0.2, 0.25) is 0 Å². The molecule has 0 heterocycles.